The number of rotatable bonds is 2. The van der Waals surface area contributed by atoms with Crippen molar-refractivity contribution < 1.29 is 0 Å². The first kappa shape index (κ1) is 18.3. The molecule has 0 bridgehead atoms. The van der Waals surface area contributed by atoms with Crippen molar-refractivity contribution in [3.05, 3.63) is 57.5 Å². The van der Waals surface area contributed by atoms with E-state index in [0.717, 1.165) is 20.1 Å². The number of hydrogen-bond acceptors (Lipinski definition) is 6. The lowest BCUT2D eigenvalue weighted by atomic mass is 10.2. The maximum atomic E-state index is 4.10. The summed E-state index contributed by atoms with van der Waals surface area (Å²) in [5, 5.41) is 23.5. The van der Waals surface area contributed by atoms with Crippen LogP contribution in [-0.2, 0) is 14.1 Å². The summed E-state index contributed by atoms with van der Waals surface area (Å²) in [6, 6.07) is 15.6. The van der Waals surface area contributed by atoms with E-state index >= 15 is 0 Å². The summed E-state index contributed by atoms with van der Waals surface area (Å²) in [5.74, 6) is 1.28. The Labute approximate surface area is 166 Å². The van der Waals surface area contributed by atoms with Gasteiger partial charge in [-0.25, -0.2) is 0 Å². The molecule has 0 N–H and O–H groups in total. The van der Waals surface area contributed by atoms with Crippen molar-refractivity contribution in [2.24, 2.45) is 14.1 Å². The van der Waals surface area contributed by atoms with Crippen LogP contribution in [0, 0.1) is 0 Å². The van der Waals surface area contributed by atoms with Crippen LogP contribution >= 0.6 is 31.9 Å². The molecule has 0 saturated carbocycles. The molecule has 0 saturated heterocycles. The third kappa shape index (κ3) is 4.79. The molecular formula is C16H14Br2N8. The number of benzene rings is 2. The molecule has 0 amide bonds. The molecule has 26 heavy (non-hydrogen) atoms. The van der Waals surface area contributed by atoms with E-state index in [2.05, 4.69) is 62.7 Å². The molecule has 0 aliphatic heterocycles. The van der Waals surface area contributed by atoms with Crippen molar-refractivity contribution >= 4 is 31.9 Å². The molecule has 10 heteroatoms. The SMILES string of the molecule is Cn1nnc(-c2cccc(Br)c2)n1.Cn1nnc(-c2cccc(Br)c2)n1. The highest BCUT2D eigenvalue weighted by molar-refractivity contribution is 9.10. The second kappa shape index (κ2) is 8.28. The molecule has 4 aromatic rings. The Balaban J connectivity index is 0.000000151. The van der Waals surface area contributed by atoms with Crippen molar-refractivity contribution in [3.8, 4) is 22.8 Å². The molecule has 0 aliphatic carbocycles. The Hall–Kier alpha value is -2.46. The normalized spacial score (nSPS) is 10.3. The molecule has 0 aliphatic rings. The van der Waals surface area contributed by atoms with Crippen LogP contribution < -0.4 is 0 Å². The number of aromatic nitrogens is 8. The zero-order chi connectivity index (χ0) is 18.5. The van der Waals surface area contributed by atoms with Gasteiger partial charge in [-0.15, -0.1) is 20.4 Å². The molecule has 4 rings (SSSR count). The number of nitrogens with zero attached hydrogens (tertiary/aromatic N) is 8. The molecular weight excluding hydrogens is 464 g/mol. The summed E-state index contributed by atoms with van der Waals surface area (Å²) in [7, 11) is 3.49. The van der Waals surface area contributed by atoms with Gasteiger partial charge in [0.05, 0.1) is 14.1 Å². The fraction of sp³-hybridized carbons (Fsp3) is 0.125. The minimum atomic E-state index is 0.642. The zero-order valence-electron chi connectivity index (χ0n) is 14.0. The van der Waals surface area contributed by atoms with Crippen molar-refractivity contribution in [2.45, 2.75) is 0 Å². The number of tetrazole rings is 2. The van der Waals surface area contributed by atoms with Crippen LogP contribution in [-0.4, -0.2) is 40.4 Å². The average Bonchev–Trinajstić information content (AvgIpc) is 3.24. The Morgan fingerprint density at radius 3 is 1.42 bits per heavy atom. The summed E-state index contributed by atoms with van der Waals surface area (Å²) < 4.78 is 2.02. The molecule has 0 atom stereocenters. The van der Waals surface area contributed by atoms with E-state index in [1.54, 1.807) is 14.1 Å². The molecule has 2 aromatic heterocycles. The smallest absolute Gasteiger partial charge is 0.167 e. The van der Waals surface area contributed by atoms with Crippen molar-refractivity contribution in [1.82, 2.24) is 40.4 Å². The predicted octanol–water partition coefficient (Wildman–Crippen LogP) is 3.28. The lowest BCUT2D eigenvalue weighted by molar-refractivity contribution is 0.630. The van der Waals surface area contributed by atoms with Crippen molar-refractivity contribution in [1.29, 1.82) is 0 Å². The molecule has 0 fully saturated rings. The summed E-state index contributed by atoms with van der Waals surface area (Å²) in [5.41, 5.74) is 1.92. The molecule has 2 aromatic carbocycles. The molecule has 0 radical (unpaired) electrons. The Kier molecular flexibility index (Phi) is 5.84. The number of aryl methyl sites for hydroxylation is 2. The van der Waals surface area contributed by atoms with E-state index in [-0.39, 0.29) is 0 Å². The van der Waals surface area contributed by atoms with Gasteiger partial charge in [-0.05, 0) is 34.7 Å². The summed E-state index contributed by atoms with van der Waals surface area (Å²) in [6.45, 7) is 0. The van der Waals surface area contributed by atoms with Gasteiger partial charge in [0.2, 0.25) is 11.6 Å². The van der Waals surface area contributed by atoms with Crippen LogP contribution in [0.5, 0.6) is 0 Å². The molecule has 8 nitrogen and oxygen atoms in total. The third-order valence-electron chi connectivity index (χ3n) is 3.18. The van der Waals surface area contributed by atoms with Crippen LogP contribution in [0.25, 0.3) is 22.8 Å². The average molecular weight is 478 g/mol. The molecule has 132 valence electrons. The topological polar surface area (TPSA) is 87.2 Å². The van der Waals surface area contributed by atoms with Gasteiger partial charge < -0.3 is 0 Å². The van der Waals surface area contributed by atoms with Gasteiger partial charge in [-0.3, -0.25) is 0 Å². The highest BCUT2D eigenvalue weighted by atomic mass is 79.9. The zero-order valence-corrected chi connectivity index (χ0v) is 17.1. The fourth-order valence-electron chi connectivity index (χ4n) is 2.05. The molecule has 2 heterocycles. The second-order valence-electron chi connectivity index (χ2n) is 5.23. The summed E-state index contributed by atoms with van der Waals surface area (Å²) >= 11 is 6.77. The van der Waals surface area contributed by atoms with Gasteiger partial charge in [0.15, 0.2) is 0 Å². The minimum Gasteiger partial charge on any atom is -0.167 e. The second-order valence-corrected chi connectivity index (χ2v) is 7.06. The Morgan fingerprint density at radius 1 is 0.692 bits per heavy atom. The van der Waals surface area contributed by atoms with E-state index in [1.165, 1.54) is 9.59 Å². The highest BCUT2D eigenvalue weighted by Crippen LogP contribution is 2.19. The third-order valence-corrected chi connectivity index (χ3v) is 4.17. The van der Waals surface area contributed by atoms with Gasteiger partial charge in [0.25, 0.3) is 0 Å². The van der Waals surface area contributed by atoms with Crippen LogP contribution in [0.3, 0.4) is 0 Å². The Morgan fingerprint density at radius 2 is 1.12 bits per heavy atom. The highest BCUT2D eigenvalue weighted by Gasteiger charge is 2.04. The van der Waals surface area contributed by atoms with E-state index in [9.17, 15) is 0 Å². The first-order valence-electron chi connectivity index (χ1n) is 7.51. The maximum Gasteiger partial charge on any atom is 0.204 e. The lowest BCUT2D eigenvalue weighted by Gasteiger charge is -1.93. The maximum absolute atomic E-state index is 4.10. The Bertz CT molecular complexity index is 929. The van der Waals surface area contributed by atoms with Crippen LogP contribution in [0.15, 0.2) is 57.5 Å². The minimum absolute atomic E-state index is 0.642. The van der Waals surface area contributed by atoms with E-state index in [1.807, 2.05) is 48.5 Å². The van der Waals surface area contributed by atoms with Gasteiger partial charge >= 0.3 is 0 Å². The standard InChI is InChI=1S/2C8H7BrN4/c2*1-13-11-8(10-12-13)6-3-2-4-7(9)5-6/h2*2-5H,1H3. The molecule has 0 spiro atoms. The number of halogens is 2. The predicted molar refractivity (Wildman–Crippen MR) is 104 cm³/mol. The van der Waals surface area contributed by atoms with Gasteiger partial charge in [0.1, 0.15) is 0 Å². The van der Waals surface area contributed by atoms with Gasteiger partial charge in [-0.2, -0.15) is 9.59 Å². The molecule has 0 unspecified atom stereocenters. The van der Waals surface area contributed by atoms with Gasteiger partial charge in [-0.1, -0.05) is 56.1 Å². The van der Waals surface area contributed by atoms with Crippen LogP contribution in [0.4, 0.5) is 0 Å². The monoisotopic (exact) mass is 476 g/mol. The fourth-order valence-corrected chi connectivity index (χ4v) is 2.85. The quantitative estimate of drug-likeness (QED) is 0.440. The van der Waals surface area contributed by atoms with Crippen LogP contribution in [0.1, 0.15) is 0 Å². The lowest BCUT2D eigenvalue weighted by Crippen LogP contribution is -1.91. The number of hydrogen-bond donors (Lipinski definition) is 0. The van der Waals surface area contributed by atoms with Gasteiger partial charge in [0, 0.05) is 20.1 Å². The van der Waals surface area contributed by atoms with E-state index in [4.69, 9.17) is 0 Å². The summed E-state index contributed by atoms with van der Waals surface area (Å²) in [6.07, 6.45) is 0. The van der Waals surface area contributed by atoms with E-state index in [0.29, 0.717) is 11.6 Å². The van der Waals surface area contributed by atoms with E-state index < -0.39 is 0 Å². The first-order chi connectivity index (χ1) is 12.5. The first-order valence-corrected chi connectivity index (χ1v) is 9.10. The van der Waals surface area contributed by atoms with Crippen molar-refractivity contribution in [3.63, 3.8) is 0 Å². The van der Waals surface area contributed by atoms with Crippen molar-refractivity contribution in [2.75, 3.05) is 0 Å². The summed E-state index contributed by atoms with van der Waals surface area (Å²) in [4.78, 5) is 2.88. The largest absolute Gasteiger partial charge is 0.204 e. The van der Waals surface area contributed by atoms with Crippen LogP contribution in [0.2, 0.25) is 0 Å².